The van der Waals surface area contributed by atoms with Crippen molar-refractivity contribution in [3.05, 3.63) is 44.2 Å². The molecule has 2 rings (SSSR count). The predicted molar refractivity (Wildman–Crippen MR) is 67.7 cm³/mol. The fourth-order valence-corrected chi connectivity index (χ4v) is 2.27. The average Bonchev–Trinajstić information content (AvgIpc) is 2.23. The molecule has 3 nitrogen and oxygen atoms in total. The molecule has 16 heavy (non-hydrogen) atoms. The van der Waals surface area contributed by atoms with Crippen LogP contribution in [0, 0.1) is 6.92 Å². The lowest BCUT2D eigenvalue weighted by Gasteiger charge is -2.07. The second kappa shape index (κ2) is 4.39. The van der Waals surface area contributed by atoms with Gasteiger partial charge in [0.2, 0.25) is 0 Å². The molecule has 0 radical (unpaired) electrons. The van der Waals surface area contributed by atoms with Gasteiger partial charge in [0, 0.05) is 23.3 Å². The van der Waals surface area contributed by atoms with Gasteiger partial charge in [-0.05, 0) is 34.5 Å². The highest BCUT2D eigenvalue weighted by molar-refractivity contribution is 9.10. The Morgan fingerprint density at radius 2 is 2.19 bits per heavy atom. The molecule has 4 heteroatoms. The third-order valence-electron chi connectivity index (χ3n) is 2.50. The maximum Gasteiger partial charge on any atom is 0.190 e. The molecule has 1 aromatic heterocycles. The van der Waals surface area contributed by atoms with E-state index in [0.717, 1.165) is 21.2 Å². The summed E-state index contributed by atoms with van der Waals surface area (Å²) in [5.41, 5.74) is 2.72. The van der Waals surface area contributed by atoms with Crippen LogP contribution in [0.15, 0.2) is 27.5 Å². The Hall–Kier alpha value is -1.13. The van der Waals surface area contributed by atoms with Crippen LogP contribution in [0.5, 0.6) is 0 Å². The van der Waals surface area contributed by atoms with Crippen molar-refractivity contribution in [2.24, 2.45) is 0 Å². The standard InChI is InChI=1S/C12H12BrNO2/c1-7-3-4-9(13)11-10(15)5-8(6-16-2)14-12(7)11/h3-5H,6H2,1-2H3,(H,14,15). The Morgan fingerprint density at radius 3 is 2.88 bits per heavy atom. The number of methoxy groups -OCH3 is 1. The Kier molecular flexibility index (Phi) is 3.12. The first-order chi connectivity index (χ1) is 7.63. The van der Waals surface area contributed by atoms with Gasteiger partial charge in [-0.15, -0.1) is 0 Å². The lowest BCUT2D eigenvalue weighted by atomic mass is 10.1. The van der Waals surface area contributed by atoms with Gasteiger partial charge in [-0.25, -0.2) is 0 Å². The molecule has 0 fully saturated rings. The summed E-state index contributed by atoms with van der Waals surface area (Å²) in [4.78, 5) is 15.2. The molecule has 0 aliphatic heterocycles. The largest absolute Gasteiger partial charge is 0.378 e. The number of hydrogen-bond donors (Lipinski definition) is 1. The van der Waals surface area contributed by atoms with Crippen LogP contribution in [-0.4, -0.2) is 12.1 Å². The Bertz CT molecular complexity index is 589. The number of pyridine rings is 1. The smallest absolute Gasteiger partial charge is 0.190 e. The first-order valence-electron chi connectivity index (χ1n) is 4.93. The van der Waals surface area contributed by atoms with E-state index >= 15 is 0 Å². The van der Waals surface area contributed by atoms with Crippen LogP contribution >= 0.6 is 15.9 Å². The zero-order valence-corrected chi connectivity index (χ0v) is 10.7. The molecule has 0 saturated carbocycles. The molecule has 84 valence electrons. The summed E-state index contributed by atoms with van der Waals surface area (Å²) in [6.07, 6.45) is 0. The maximum atomic E-state index is 11.9. The first-order valence-corrected chi connectivity index (χ1v) is 5.72. The van der Waals surface area contributed by atoms with E-state index in [1.54, 1.807) is 13.2 Å². The number of halogens is 1. The lowest BCUT2D eigenvalue weighted by Crippen LogP contribution is -2.07. The minimum atomic E-state index is 0.0105. The van der Waals surface area contributed by atoms with Gasteiger partial charge in [0.1, 0.15) is 0 Å². The molecule has 1 heterocycles. The zero-order valence-electron chi connectivity index (χ0n) is 9.13. The average molecular weight is 282 g/mol. The zero-order chi connectivity index (χ0) is 11.7. The minimum absolute atomic E-state index is 0.0105. The second-order valence-electron chi connectivity index (χ2n) is 3.71. The van der Waals surface area contributed by atoms with E-state index in [-0.39, 0.29) is 5.43 Å². The Labute approximate surface area is 102 Å². The van der Waals surface area contributed by atoms with Gasteiger partial charge < -0.3 is 9.72 Å². The molecular weight excluding hydrogens is 270 g/mol. The normalized spacial score (nSPS) is 10.9. The van der Waals surface area contributed by atoms with Crippen LogP contribution in [0.4, 0.5) is 0 Å². The van der Waals surface area contributed by atoms with Crippen molar-refractivity contribution in [1.29, 1.82) is 0 Å². The van der Waals surface area contributed by atoms with E-state index < -0.39 is 0 Å². The fourth-order valence-electron chi connectivity index (χ4n) is 1.74. The molecular formula is C12H12BrNO2. The summed E-state index contributed by atoms with van der Waals surface area (Å²) in [5, 5.41) is 0.694. The molecule has 0 saturated heterocycles. The number of aromatic nitrogens is 1. The quantitative estimate of drug-likeness (QED) is 0.920. The van der Waals surface area contributed by atoms with E-state index in [9.17, 15) is 4.79 Å². The number of H-pyrrole nitrogens is 1. The molecule has 1 N–H and O–H groups in total. The van der Waals surface area contributed by atoms with Crippen molar-refractivity contribution in [2.75, 3.05) is 7.11 Å². The number of ether oxygens (including phenoxy) is 1. The second-order valence-corrected chi connectivity index (χ2v) is 4.56. The van der Waals surface area contributed by atoms with Gasteiger partial charge in [-0.1, -0.05) is 6.07 Å². The van der Waals surface area contributed by atoms with E-state index in [2.05, 4.69) is 20.9 Å². The topological polar surface area (TPSA) is 42.1 Å². The SMILES string of the molecule is COCc1cc(=O)c2c(Br)ccc(C)c2[nH]1. The fraction of sp³-hybridized carbons (Fsp3) is 0.250. The summed E-state index contributed by atoms with van der Waals surface area (Å²) in [6, 6.07) is 5.44. The maximum absolute atomic E-state index is 11.9. The van der Waals surface area contributed by atoms with E-state index in [0.29, 0.717) is 12.0 Å². The summed E-state index contributed by atoms with van der Waals surface area (Å²) in [6.45, 7) is 2.39. The molecule has 0 spiro atoms. The third-order valence-corrected chi connectivity index (χ3v) is 3.16. The summed E-state index contributed by atoms with van der Waals surface area (Å²) in [5.74, 6) is 0. The molecule has 0 unspecified atom stereocenters. The lowest BCUT2D eigenvalue weighted by molar-refractivity contribution is 0.181. The van der Waals surface area contributed by atoms with Crippen molar-refractivity contribution in [3.8, 4) is 0 Å². The number of benzene rings is 1. The van der Waals surface area contributed by atoms with Crippen molar-refractivity contribution in [2.45, 2.75) is 13.5 Å². The molecule has 1 aromatic carbocycles. The number of nitrogens with one attached hydrogen (secondary N) is 1. The number of hydrogen-bond acceptors (Lipinski definition) is 2. The van der Waals surface area contributed by atoms with E-state index in [1.165, 1.54) is 0 Å². The van der Waals surface area contributed by atoms with Crippen LogP contribution in [0.3, 0.4) is 0 Å². The molecule has 2 aromatic rings. The number of aromatic amines is 1. The highest BCUT2D eigenvalue weighted by atomic mass is 79.9. The van der Waals surface area contributed by atoms with Gasteiger partial charge in [0.05, 0.1) is 17.5 Å². The van der Waals surface area contributed by atoms with Crippen LogP contribution in [0.2, 0.25) is 0 Å². The van der Waals surface area contributed by atoms with Gasteiger partial charge in [-0.2, -0.15) is 0 Å². The van der Waals surface area contributed by atoms with Gasteiger partial charge in [0.15, 0.2) is 5.43 Å². The van der Waals surface area contributed by atoms with E-state index in [1.807, 2.05) is 19.1 Å². The summed E-state index contributed by atoms with van der Waals surface area (Å²) < 4.78 is 5.84. The van der Waals surface area contributed by atoms with Crippen molar-refractivity contribution in [3.63, 3.8) is 0 Å². The minimum Gasteiger partial charge on any atom is -0.378 e. The van der Waals surface area contributed by atoms with Gasteiger partial charge in [-0.3, -0.25) is 4.79 Å². The highest BCUT2D eigenvalue weighted by Gasteiger charge is 2.07. The predicted octanol–water partition coefficient (Wildman–Crippen LogP) is 2.75. The highest BCUT2D eigenvalue weighted by Crippen LogP contribution is 2.22. The number of fused-ring (bicyclic) bond motifs is 1. The van der Waals surface area contributed by atoms with Crippen molar-refractivity contribution < 1.29 is 4.74 Å². The van der Waals surface area contributed by atoms with Gasteiger partial charge in [0.25, 0.3) is 0 Å². The molecule has 0 aliphatic rings. The van der Waals surface area contributed by atoms with Crippen LogP contribution < -0.4 is 5.43 Å². The monoisotopic (exact) mass is 281 g/mol. The van der Waals surface area contributed by atoms with Gasteiger partial charge >= 0.3 is 0 Å². The molecule has 0 bridgehead atoms. The first kappa shape index (κ1) is 11.4. The molecule has 0 atom stereocenters. The van der Waals surface area contributed by atoms with Crippen LogP contribution in [0.1, 0.15) is 11.3 Å². The molecule has 0 amide bonds. The van der Waals surface area contributed by atoms with Crippen LogP contribution in [-0.2, 0) is 11.3 Å². The van der Waals surface area contributed by atoms with Crippen molar-refractivity contribution in [1.82, 2.24) is 4.98 Å². The Morgan fingerprint density at radius 1 is 1.44 bits per heavy atom. The van der Waals surface area contributed by atoms with Crippen LogP contribution in [0.25, 0.3) is 10.9 Å². The summed E-state index contributed by atoms with van der Waals surface area (Å²) in [7, 11) is 1.61. The van der Waals surface area contributed by atoms with Crippen molar-refractivity contribution >= 4 is 26.8 Å². The molecule has 0 aliphatic carbocycles. The van der Waals surface area contributed by atoms with E-state index in [4.69, 9.17) is 4.74 Å². The third kappa shape index (κ3) is 1.90. The summed E-state index contributed by atoms with van der Waals surface area (Å²) >= 11 is 3.39. The number of rotatable bonds is 2. The Balaban J connectivity index is 2.81. The number of aryl methyl sites for hydroxylation is 1.